The van der Waals surface area contributed by atoms with Gasteiger partial charge in [-0.25, -0.2) is 9.18 Å². The van der Waals surface area contributed by atoms with Crippen LogP contribution in [-0.2, 0) is 19.1 Å². The van der Waals surface area contributed by atoms with Crippen LogP contribution < -0.4 is 5.32 Å². The summed E-state index contributed by atoms with van der Waals surface area (Å²) < 4.78 is 22.2. The lowest BCUT2D eigenvalue weighted by Gasteiger charge is -2.07. The van der Waals surface area contributed by atoms with Crippen LogP contribution in [-0.4, -0.2) is 37.3 Å². The third kappa shape index (κ3) is 6.31. The highest BCUT2D eigenvalue weighted by atomic mass is 19.1. The van der Waals surface area contributed by atoms with Crippen molar-refractivity contribution in [2.24, 2.45) is 0 Å². The number of nitrogens with one attached hydrogen (secondary N) is 1. The first-order chi connectivity index (χ1) is 13.4. The molecule has 0 aromatic heterocycles. The first kappa shape index (κ1) is 20.8. The Morgan fingerprint density at radius 1 is 0.893 bits per heavy atom. The molecule has 28 heavy (non-hydrogen) atoms. The van der Waals surface area contributed by atoms with Gasteiger partial charge in [0.1, 0.15) is 5.82 Å². The molecule has 146 valence electrons. The summed E-state index contributed by atoms with van der Waals surface area (Å²) in [4.78, 5) is 46.7. The highest BCUT2D eigenvalue weighted by Crippen LogP contribution is 2.11. The van der Waals surface area contributed by atoms with Gasteiger partial charge < -0.3 is 14.8 Å². The molecule has 0 aliphatic carbocycles. The molecule has 0 heterocycles. The average Bonchev–Trinajstić information content (AvgIpc) is 2.71. The summed E-state index contributed by atoms with van der Waals surface area (Å²) in [6.07, 6.45) is -0.307. The normalized spacial score (nSPS) is 10.1. The number of benzene rings is 2. The number of methoxy groups -OCH3 is 1. The molecule has 0 unspecified atom stereocenters. The molecule has 0 atom stereocenters. The van der Waals surface area contributed by atoms with Gasteiger partial charge in [-0.05, 0) is 48.5 Å². The predicted molar refractivity (Wildman–Crippen MR) is 97.3 cm³/mol. The van der Waals surface area contributed by atoms with Crippen LogP contribution in [0.4, 0.5) is 10.1 Å². The van der Waals surface area contributed by atoms with Gasteiger partial charge >= 0.3 is 11.9 Å². The molecule has 0 spiro atoms. The smallest absolute Gasteiger partial charge is 0.337 e. The summed E-state index contributed by atoms with van der Waals surface area (Å²) in [5, 5.41) is 2.51. The van der Waals surface area contributed by atoms with Crippen LogP contribution in [0, 0.1) is 5.82 Å². The Balaban J connectivity index is 1.73. The minimum atomic E-state index is -0.702. The monoisotopic (exact) mass is 387 g/mol. The molecule has 0 aliphatic rings. The van der Waals surface area contributed by atoms with E-state index in [0.717, 1.165) is 12.1 Å². The molecule has 0 aliphatic heterocycles. The Labute approximate surface area is 160 Å². The molecule has 0 fully saturated rings. The Bertz CT molecular complexity index is 861. The van der Waals surface area contributed by atoms with Crippen molar-refractivity contribution >= 4 is 29.3 Å². The summed E-state index contributed by atoms with van der Waals surface area (Å²) in [5.41, 5.74) is 1.04. The van der Waals surface area contributed by atoms with Crippen molar-refractivity contribution in [1.29, 1.82) is 0 Å². The second-order valence-corrected chi connectivity index (χ2v) is 5.71. The highest BCUT2D eigenvalue weighted by molar-refractivity contribution is 5.98. The number of hydrogen-bond acceptors (Lipinski definition) is 6. The summed E-state index contributed by atoms with van der Waals surface area (Å²) in [6.45, 7) is -0.512. The number of hydrogen-bond donors (Lipinski definition) is 1. The maximum atomic E-state index is 12.8. The van der Waals surface area contributed by atoms with Gasteiger partial charge in [-0.15, -0.1) is 0 Å². The number of carbonyl (C=O) groups is 4. The lowest BCUT2D eigenvalue weighted by atomic mass is 10.1. The van der Waals surface area contributed by atoms with Gasteiger partial charge in [0.15, 0.2) is 12.4 Å². The van der Waals surface area contributed by atoms with E-state index in [0.29, 0.717) is 16.8 Å². The van der Waals surface area contributed by atoms with Gasteiger partial charge in [0.05, 0.1) is 19.1 Å². The zero-order chi connectivity index (χ0) is 20.5. The van der Waals surface area contributed by atoms with Crippen molar-refractivity contribution in [2.45, 2.75) is 12.8 Å². The van der Waals surface area contributed by atoms with Crippen molar-refractivity contribution in [3.8, 4) is 0 Å². The number of carbonyl (C=O) groups excluding carboxylic acids is 4. The molecule has 0 radical (unpaired) electrons. The molecule has 8 heteroatoms. The number of Topliss-reactive ketones (excluding diaryl/α,β-unsaturated/α-hetero) is 1. The molecule has 7 nitrogen and oxygen atoms in total. The van der Waals surface area contributed by atoms with Crippen molar-refractivity contribution in [3.63, 3.8) is 0 Å². The number of rotatable bonds is 8. The van der Waals surface area contributed by atoms with E-state index in [1.807, 2.05) is 0 Å². The van der Waals surface area contributed by atoms with E-state index in [-0.39, 0.29) is 18.6 Å². The largest absolute Gasteiger partial charge is 0.465 e. The average molecular weight is 387 g/mol. The van der Waals surface area contributed by atoms with Gasteiger partial charge in [0, 0.05) is 17.7 Å². The number of amides is 1. The fourth-order valence-electron chi connectivity index (χ4n) is 2.22. The van der Waals surface area contributed by atoms with Crippen molar-refractivity contribution in [1.82, 2.24) is 0 Å². The van der Waals surface area contributed by atoms with E-state index in [4.69, 9.17) is 4.74 Å². The summed E-state index contributed by atoms with van der Waals surface area (Å²) in [7, 11) is 1.26. The number of esters is 2. The quantitative estimate of drug-likeness (QED) is 0.552. The fourth-order valence-corrected chi connectivity index (χ4v) is 2.22. The minimum absolute atomic E-state index is 0.110. The zero-order valence-corrected chi connectivity index (χ0v) is 15.1. The number of ketones is 1. The molecular weight excluding hydrogens is 369 g/mol. The van der Waals surface area contributed by atoms with Crippen LogP contribution >= 0.6 is 0 Å². The number of ether oxygens (including phenoxy) is 2. The van der Waals surface area contributed by atoms with Crippen molar-refractivity contribution < 1.29 is 33.0 Å². The molecule has 0 saturated heterocycles. The van der Waals surface area contributed by atoms with E-state index in [9.17, 15) is 23.6 Å². The Hall–Kier alpha value is -3.55. The first-order valence-electron chi connectivity index (χ1n) is 8.31. The second-order valence-electron chi connectivity index (χ2n) is 5.71. The zero-order valence-electron chi connectivity index (χ0n) is 15.1. The van der Waals surface area contributed by atoms with E-state index >= 15 is 0 Å². The maximum absolute atomic E-state index is 12.8. The van der Waals surface area contributed by atoms with E-state index in [1.54, 1.807) is 0 Å². The van der Waals surface area contributed by atoms with E-state index in [1.165, 1.54) is 43.5 Å². The van der Waals surface area contributed by atoms with Gasteiger partial charge in [-0.3, -0.25) is 14.4 Å². The Kier molecular flexibility index (Phi) is 7.38. The summed E-state index contributed by atoms with van der Waals surface area (Å²) >= 11 is 0. The molecule has 0 saturated carbocycles. The molecule has 2 aromatic carbocycles. The van der Waals surface area contributed by atoms with Gasteiger partial charge in [-0.1, -0.05) is 0 Å². The SMILES string of the molecule is COC(=O)c1ccc(NC(=O)COC(=O)CCC(=O)c2ccc(F)cc2)cc1. The standard InChI is InChI=1S/C20H18FNO6/c1-27-20(26)14-4-8-16(9-5-14)22-18(24)12-28-19(25)11-10-17(23)13-2-6-15(21)7-3-13/h2-9H,10-12H2,1H3,(H,22,24). The van der Waals surface area contributed by atoms with Gasteiger partial charge in [0.25, 0.3) is 5.91 Å². The lowest BCUT2D eigenvalue weighted by Crippen LogP contribution is -2.21. The van der Waals surface area contributed by atoms with Crippen LogP contribution in [0.15, 0.2) is 48.5 Å². The molecule has 1 amide bonds. The fraction of sp³-hybridized carbons (Fsp3) is 0.200. The molecule has 2 aromatic rings. The lowest BCUT2D eigenvalue weighted by molar-refractivity contribution is -0.147. The molecule has 1 N–H and O–H groups in total. The second kappa shape index (κ2) is 9.96. The van der Waals surface area contributed by atoms with Crippen molar-refractivity contribution in [3.05, 3.63) is 65.5 Å². The van der Waals surface area contributed by atoms with Crippen LogP contribution in [0.2, 0.25) is 0 Å². The van der Waals surface area contributed by atoms with Gasteiger partial charge in [0.2, 0.25) is 0 Å². The maximum Gasteiger partial charge on any atom is 0.337 e. The predicted octanol–water partition coefficient (Wildman–Crippen LogP) is 2.76. The highest BCUT2D eigenvalue weighted by Gasteiger charge is 2.12. The summed E-state index contributed by atoms with van der Waals surface area (Å²) in [6, 6.07) is 11.0. The van der Waals surface area contributed by atoms with E-state index < -0.39 is 30.3 Å². The van der Waals surface area contributed by atoms with Gasteiger partial charge in [-0.2, -0.15) is 0 Å². The topological polar surface area (TPSA) is 98.8 Å². The summed E-state index contributed by atoms with van der Waals surface area (Å²) in [5.74, 6) is -2.55. The van der Waals surface area contributed by atoms with Crippen LogP contribution in [0.25, 0.3) is 0 Å². The van der Waals surface area contributed by atoms with Crippen molar-refractivity contribution in [2.75, 3.05) is 19.0 Å². The van der Waals surface area contributed by atoms with E-state index in [2.05, 4.69) is 10.1 Å². The minimum Gasteiger partial charge on any atom is -0.465 e. The third-order valence-corrected chi connectivity index (χ3v) is 3.68. The van der Waals surface area contributed by atoms with Crippen LogP contribution in [0.5, 0.6) is 0 Å². The number of anilines is 1. The Morgan fingerprint density at radius 3 is 2.11 bits per heavy atom. The van der Waals surface area contributed by atoms with Crippen LogP contribution in [0.3, 0.4) is 0 Å². The molecule has 2 rings (SSSR count). The Morgan fingerprint density at radius 2 is 1.50 bits per heavy atom. The molecule has 0 bridgehead atoms. The molecular formula is C20H18FNO6. The number of halogens is 1. The van der Waals surface area contributed by atoms with Crippen LogP contribution in [0.1, 0.15) is 33.6 Å². The third-order valence-electron chi connectivity index (χ3n) is 3.68. The first-order valence-corrected chi connectivity index (χ1v) is 8.31.